The molecule has 0 saturated carbocycles. The monoisotopic (exact) mass is 162 g/mol. The summed E-state index contributed by atoms with van der Waals surface area (Å²) in [5, 5.41) is 9.16. The van der Waals surface area contributed by atoms with Gasteiger partial charge in [-0.3, -0.25) is 0 Å². The molecule has 12 heavy (non-hydrogen) atoms. The smallest absolute Gasteiger partial charge is 0.133 e. The van der Waals surface area contributed by atoms with Gasteiger partial charge in [0, 0.05) is 12.5 Å². The third-order valence-electron chi connectivity index (χ3n) is 1.98. The summed E-state index contributed by atoms with van der Waals surface area (Å²) in [5.74, 6) is 1.75. The Morgan fingerprint density at radius 3 is 3.00 bits per heavy atom. The van der Waals surface area contributed by atoms with E-state index in [-0.39, 0.29) is 5.75 Å². The quantitative estimate of drug-likeness (QED) is 0.633. The molecule has 0 spiro atoms. The van der Waals surface area contributed by atoms with E-state index in [4.69, 9.17) is 9.84 Å². The number of benzene rings is 1. The van der Waals surface area contributed by atoms with E-state index in [2.05, 4.69) is 6.58 Å². The van der Waals surface area contributed by atoms with Crippen LogP contribution in [0.2, 0.25) is 0 Å². The highest BCUT2D eigenvalue weighted by Crippen LogP contribution is 2.31. The van der Waals surface area contributed by atoms with Crippen LogP contribution < -0.4 is 4.74 Å². The van der Waals surface area contributed by atoms with Crippen molar-refractivity contribution < 1.29 is 9.84 Å². The largest absolute Gasteiger partial charge is 0.508 e. The fourth-order valence-corrected chi connectivity index (χ4v) is 1.33. The first-order valence-electron chi connectivity index (χ1n) is 3.93. The molecule has 1 N–H and O–H groups in total. The van der Waals surface area contributed by atoms with Crippen molar-refractivity contribution >= 4 is 0 Å². The second kappa shape index (κ2) is 2.55. The van der Waals surface area contributed by atoms with E-state index in [0.717, 1.165) is 29.9 Å². The van der Waals surface area contributed by atoms with Gasteiger partial charge in [0.2, 0.25) is 0 Å². The van der Waals surface area contributed by atoms with Gasteiger partial charge in [-0.15, -0.1) is 0 Å². The van der Waals surface area contributed by atoms with E-state index in [1.54, 1.807) is 12.1 Å². The van der Waals surface area contributed by atoms with E-state index in [9.17, 15) is 0 Å². The van der Waals surface area contributed by atoms with Crippen LogP contribution >= 0.6 is 0 Å². The first-order chi connectivity index (χ1) is 5.75. The van der Waals surface area contributed by atoms with Crippen LogP contribution in [-0.2, 0) is 6.42 Å². The van der Waals surface area contributed by atoms with Crippen LogP contribution in [0.3, 0.4) is 0 Å². The molecular formula is C10H10O2. The van der Waals surface area contributed by atoms with Crippen LogP contribution in [0.4, 0.5) is 0 Å². The molecule has 1 heterocycles. The zero-order valence-corrected chi connectivity index (χ0v) is 6.71. The number of rotatable bonds is 0. The number of hydrogen-bond acceptors (Lipinski definition) is 2. The van der Waals surface area contributed by atoms with Gasteiger partial charge in [-0.2, -0.15) is 0 Å². The minimum absolute atomic E-state index is 0.239. The van der Waals surface area contributed by atoms with Crippen LogP contribution in [0.5, 0.6) is 11.5 Å². The van der Waals surface area contributed by atoms with E-state index in [1.807, 2.05) is 6.07 Å². The van der Waals surface area contributed by atoms with Crippen LogP contribution in [0.1, 0.15) is 12.0 Å². The topological polar surface area (TPSA) is 29.5 Å². The molecule has 0 fully saturated rings. The first-order valence-corrected chi connectivity index (χ1v) is 3.93. The van der Waals surface area contributed by atoms with E-state index in [0.29, 0.717) is 0 Å². The van der Waals surface area contributed by atoms with Crippen molar-refractivity contribution in [2.24, 2.45) is 0 Å². The van der Waals surface area contributed by atoms with Gasteiger partial charge in [-0.25, -0.2) is 0 Å². The Kier molecular flexibility index (Phi) is 1.54. The highest BCUT2D eigenvalue weighted by Gasteiger charge is 2.12. The number of aryl methyl sites for hydroxylation is 1. The summed E-state index contributed by atoms with van der Waals surface area (Å²) >= 11 is 0. The highest BCUT2D eigenvalue weighted by molar-refractivity contribution is 5.42. The second-order valence-corrected chi connectivity index (χ2v) is 2.93. The minimum Gasteiger partial charge on any atom is -0.508 e. The Balaban J connectivity index is 2.44. The van der Waals surface area contributed by atoms with E-state index < -0.39 is 0 Å². The maximum Gasteiger partial charge on any atom is 0.133 e. The number of allylic oxidation sites excluding steroid dienone is 1. The number of ether oxygens (including phenoxy) is 1. The zero-order valence-electron chi connectivity index (χ0n) is 6.71. The predicted octanol–water partition coefficient (Wildman–Crippen LogP) is 2.23. The lowest BCUT2D eigenvalue weighted by molar-refractivity contribution is 0.376. The normalized spacial score (nSPS) is 15.2. The van der Waals surface area contributed by atoms with Gasteiger partial charge in [0.1, 0.15) is 11.5 Å². The van der Waals surface area contributed by atoms with Gasteiger partial charge >= 0.3 is 0 Å². The van der Waals surface area contributed by atoms with Gasteiger partial charge < -0.3 is 9.84 Å². The van der Waals surface area contributed by atoms with Crippen molar-refractivity contribution in [2.45, 2.75) is 12.8 Å². The summed E-state index contributed by atoms with van der Waals surface area (Å²) in [7, 11) is 0. The molecule has 0 bridgehead atoms. The average Bonchev–Trinajstić information content (AvgIpc) is 2.03. The Hall–Kier alpha value is -1.44. The molecule has 2 rings (SSSR count). The van der Waals surface area contributed by atoms with Gasteiger partial charge in [-0.05, 0) is 18.1 Å². The number of phenolic OH excluding ortho intramolecular Hbond substituents is 1. The van der Waals surface area contributed by atoms with Crippen molar-refractivity contribution in [3.63, 3.8) is 0 Å². The highest BCUT2D eigenvalue weighted by atomic mass is 16.5. The molecule has 0 aromatic heterocycles. The van der Waals surface area contributed by atoms with E-state index in [1.165, 1.54) is 0 Å². The van der Waals surface area contributed by atoms with Crippen molar-refractivity contribution in [1.29, 1.82) is 0 Å². The van der Waals surface area contributed by atoms with Gasteiger partial charge in [0.25, 0.3) is 0 Å². The summed E-state index contributed by atoms with van der Waals surface area (Å²) in [6.07, 6.45) is 1.83. The fourth-order valence-electron chi connectivity index (χ4n) is 1.33. The molecule has 0 amide bonds. The molecule has 1 aliphatic rings. The maximum atomic E-state index is 9.16. The number of fused-ring (bicyclic) bond motifs is 1. The lowest BCUT2D eigenvalue weighted by Gasteiger charge is -2.18. The third-order valence-corrected chi connectivity index (χ3v) is 1.98. The summed E-state index contributed by atoms with van der Waals surface area (Å²) < 4.78 is 5.36. The second-order valence-electron chi connectivity index (χ2n) is 2.93. The lowest BCUT2D eigenvalue weighted by Crippen LogP contribution is -2.04. The van der Waals surface area contributed by atoms with Crippen molar-refractivity contribution in [1.82, 2.24) is 0 Å². The lowest BCUT2D eigenvalue weighted by atomic mass is 10.1. The average molecular weight is 162 g/mol. The Morgan fingerprint density at radius 1 is 1.33 bits per heavy atom. The van der Waals surface area contributed by atoms with Crippen molar-refractivity contribution in [3.05, 3.63) is 36.1 Å². The number of aromatic hydroxyl groups is 1. The summed E-state index contributed by atoms with van der Waals surface area (Å²) in [5.41, 5.74) is 1.14. The summed E-state index contributed by atoms with van der Waals surface area (Å²) in [6, 6.07) is 5.19. The molecular weight excluding hydrogens is 152 g/mol. The Bertz CT molecular complexity index is 329. The van der Waals surface area contributed by atoms with Gasteiger partial charge in [-0.1, -0.05) is 12.6 Å². The molecule has 0 atom stereocenters. The van der Waals surface area contributed by atoms with Crippen LogP contribution in [-0.4, -0.2) is 5.11 Å². The van der Waals surface area contributed by atoms with Crippen LogP contribution in [0.25, 0.3) is 0 Å². The standard InChI is InChI=1S/C10H10O2/c1-7-2-3-8-4-5-9(11)6-10(8)12-7/h4-6,11H,1-3H2. The first kappa shape index (κ1) is 7.22. The van der Waals surface area contributed by atoms with E-state index >= 15 is 0 Å². The van der Waals surface area contributed by atoms with Gasteiger partial charge in [0.05, 0.1) is 5.76 Å². The van der Waals surface area contributed by atoms with Crippen molar-refractivity contribution in [2.75, 3.05) is 0 Å². The molecule has 0 unspecified atom stereocenters. The molecule has 0 radical (unpaired) electrons. The van der Waals surface area contributed by atoms with Gasteiger partial charge in [0.15, 0.2) is 0 Å². The third kappa shape index (κ3) is 1.16. The summed E-state index contributed by atoms with van der Waals surface area (Å²) in [4.78, 5) is 0. The number of hydrogen-bond donors (Lipinski definition) is 1. The maximum absolute atomic E-state index is 9.16. The van der Waals surface area contributed by atoms with Crippen LogP contribution in [0.15, 0.2) is 30.5 Å². The SMILES string of the molecule is C=C1CCc2ccc(O)cc2O1. The molecule has 2 nitrogen and oxygen atoms in total. The molecule has 62 valence electrons. The Morgan fingerprint density at radius 2 is 2.17 bits per heavy atom. The Labute approximate surface area is 71.1 Å². The number of phenols is 1. The van der Waals surface area contributed by atoms with Crippen molar-refractivity contribution in [3.8, 4) is 11.5 Å². The molecule has 0 aliphatic carbocycles. The molecule has 0 saturated heterocycles. The van der Waals surface area contributed by atoms with Crippen LogP contribution in [0, 0.1) is 0 Å². The molecule has 1 aliphatic heterocycles. The molecule has 2 heteroatoms. The fraction of sp³-hybridized carbons (Fsp3) is 0.200. The summed E-state index contributed by atoms with van der Waals surface area (Å²) in [6.45, 7) is 3.74. The minimum atomic E-state index is 0.239. The zero-order chi connectivity index (χ0) is 8.55. The molecule has 1 aromatic rings. The molecule has 1 aromatic carbocycles. The predicted molar refractivity (Wildman–Crippen MR) is 46.2 cm³/mol.